The molecule has 0 aliphatic heterocycles. The van der Waals surface area contributed by atoms with Crippen LogP contribution in [0.1, 0.15) is 50.8 Å². The lowest BCUT2D eigenvalue weighted by Gasteiger charge is -2.11. The molecule has 2 amide bonds. The molecule has 1 unspecified atom stereocenters. The van der Waals surface area contributed by atoms with Crippen LogP contribution in [0.15, 0.2) is 54.6 Å². The molecule has 0 saturated heterocycles. The van der Waals surface area contributed by atoms with Crippen molar-refractivity contribution in [3.63, 3.8) is 0 Å². The number of carbonyl (C=O) groups excluding carboxylic acids is 2. The van der Waals surface area contributed by atoms with E-state index in [1.54, 1.807) is 12.1 Å². The van der Waals surface area contributed by atoms with Gasteiger partial charge in [0.2, 0.25) is 5.91 Å². The van der Waals surface area contributed by atoms with Gasteiger partial charge >= 0.3 is 0 Å². The Morgan fingerprint density at radius 3 is 2.63 bits per heavy atom. The normalized spacial score (nSPS) is 14.9. The second-order valence-electron chi connectivity index (χ2n) is 7.62. The van der Waals surface area contributed by atoms with E-state index in [2.05, 4.69) is 27.8 Å². The summed E-state index contributed by atoms with van der Waals surface area (Å²) in [6.07, 6.45) is 3.47. The SMILES string of the molecule is Cc1ccc(C(=O)Nc2nc3c(s2)CCC3C(=O)NCCCc2ccccc2)cc1. The Kier molecular flexibility index (Phi) is 6.23. The quantitative estimate of drug-likeness (QED) is 0.555. The predicted molar refractivity (Wildman–Crippen MR) is 120 cm³/mol. The predicted octanol–water partition coefficient (Wildman–Crippen LogP) is 4.48. The largest absolute Gasteiger partial charge is 0.356 e. The van der Waals surface area contributed by atoms with E-state index in [9.17, 15) is 9.59 Å². The van der Waals surface area contributed by atoms with Gasteiger partial charge in [0.1, 0.15) is 0 Å². The molecule has 6 heteroatoms. The highest BCUT2D eigenvalue weighted by Gasteiger charge is 2.32. The first-order valence-corrected chi connectivity index (χ1v) is 11.1. The molecule has 3 aromatic rings. The molecule has 1 heterocycles. The van der Waals surface area contributed by atoms with Gasteiger partial charge in [-0.1, -0.05) is 48.0 Å². The van der Waals surface area contributed by atoms with E-state index in [-0.39, 0.29) is 17.7 Å². The van der Waals surface area contributed by atoms with Crippen molar-refractivity contribution in [3.05, 3.63) is 81.9 Å². The molecule has 5 nitrogen and oxygen atoms in total. The molecular weight excluding hydrogens is 394 g/mol. The number of aryl methyl sites for hydroxylation is 3. The molecule has 154 valence electrons. The lowest BCUT2D eigenvalue weighted by Crippen LogP contribution is -2.29. The number of hydrogen-bond acceptors (Lipinski definition) is 4. The number of fused-ring (bicyclic) bond motifs is 1. The minimum atomic E-state index is -0.224. The van der Waals surface area contributed by atoms with Crippen molar-refractivity contribution < 1.29 is 9.59 Å². The van der Waals surface area contributed by atoms with Crippen LogP contribution in [0.2, 0.25) is 0 Å². The fraction of sp³-hybridized carbons (Fsp3) is 0.292. The van der Waals surface area contributed by atoms with E-state index < -0.39 is 0 Å². The summed E-state index contributed by atoms with van der Waals surface area (Å²) in [7, 11) is 0. The number of anilines is 1. The van der Waals surface area contributed by atoms with E-state index in [0.717, 1.165) is 41.8 Å². The fourth-order valence-electron chi connectivity index (χ4n) is 3.68. The van der Waals surface area contributed by atoms with Crippen molar-refractivity contribution in [1.29, 1.82) is 0 Å². The van der Waals surface area contributed by atoms with Gasteiger partial charge in [-0.2, -0.15) is 0 Å². The van der Waals surface area contributed by atoms with Crippen molar-refractivity contribution in [2.45, 2.75) is 38.5 Å². The zero-order valence-electron chi connectivity index (χ0n) is 17.0. The maximum absolute atomic E-state index is 12.7. The number of amides is 2. The summed E-state index contributed by atoms with van der Waals surface area (Å²) in [6.45, 7) is 2.64. The van der Waals surface area contributed by atoms with Gasteiger partial charge in [-0.25, -0.2) is 4.98 Å². The molecule has 0 bridgehead atoms. The molecule has 0 fully saturated rings. The van der Waals surface area contributed by atoms with Crippen molar-refractivity contribution in [2.24, 2.45) is 0 Å². The first-order valence-electron chi connectivity index (χ1n) is 10.3. The minimum absolute atomic E-state index is 0.0310. The maximum atomic E-state index is 12.7. The summed E-state index contributed by atoms with van der Waals surface area (Å²) in [5, 5.41) is 6.49. The van der Waals surface area contributed by atoms with Gasteiger partial charge in [-0.05, 0) is 50.3 Å². The van der Waals surface area contributed by atoms with Crippen LogP contribution in [0.5, 0.6) is 0 Å². The van der Waals surface area contributed by atoms with E-state index in [1.165, 1.54) is 16.9 Å². The van der Waals surface area contributed by atoms with E-state index in [4.69, 9.17) is 0 Å². The number of benzene rings is 2. The molecule has 30 heavy (non-hydrogen) atoms. The molecule has 2 aromatic carbocycles. The second kappa shape index (κ2) is 9.22. The van der Waals surface area contributed by atoms with Crippen molar-refractivity contribution >= 4 is 28.3 Å². The van der Waals surface area contributed by atoms with E-state index in [0.29, 0.717) is 17.2 Å². The molecule has 0 saturated carbocycles. The summed E-state index contributed by atoms with van der Waals surface area (Å²) in [5.74, 6) is -0.370. The molecule has 4 rings (SSSR count). The number of carbonyl (C=O) groups is 2. The monoisotopic (exact) mass is 419 g/mol. The standard InChI is InChI=1S/C24H25N3O2S/c1-16-9-11-18(12-10-16)22(28)27-24-26-21-19(13-14-20(21)30-24)23(29)25-15-5-8-17-6-3-2-4-7-17/h2-4,6-7,9-12,19H,5,8,13-15H2,1H3,(H,25,29)(H,26,27,28). The Hall–Kier alpha value is -2.99. The number of rotatable bonds is 7. The van der Waals surface area contributed by atoms with Gasteiger partial charge in [0, 0.05) is 17.0 Å². The molecule has 2 N–H and O–H groups in total. The Bertz CT molecular complexity index is 1030. The minimum Gasteiger partial charge on any atom is -0.356 e. The summed E-state index contributed by atoms with van der Waals surface area (Å²) < 4.78 is 0. The van der Waals surface area contributed by atoms with Crippen LogP contribution in [0.4, 0.5) is 5.13 Å². The summed E-state index contributed by atoms with van der Waals surface area (Å²) in [5.41, 5.74) is 3.81. The van der Waals surface area contributed by atoms with E-state index in [1.807, 2.05) is 37.3 Å². The van der Waals surface area contributed by atoms with Gasteiger partial charge in [-0.15, -0.1) is 11.3 Å². The molecule has 0 spiro atoms. The molecular formula is C24H25N3O2S. The van der Waals surface area contributed by atoms with Gasteiger partial charge in [0.15, 0.2) is 5.13 Å². The summed E-state index contributed by atoms with van der Waals surface area (Å²) >= 11 is 1.47. The molecule has 0 radical (unpaired) electrons. The average molecular weight is 420 g/mol. The molecule has 1 aromatic heterocycles. The summed E-state index contributed by atoms with van der Waals surface area (Å²) in [4.78, 5) is 30.8. The smallest absolute Gasteiger partial charge is 0.257 e. The Morgan fingerprint density at radius 2 is 1.87 bits per heavy atom. The zero-order chi connectivity index (χ0) is 20.9. The molecule has 1 atom stereocenters. The zero-order valence-corrected chi connectivity index (χ0v) is 17.8. The Balaban J connectivity index is 1.31. The van der Waals surface area contributed by atoms with E-state index >= 15 is 0 Å². The van der Waals surface area contributed by atoms with Gasteiger partial charge in [0.05, 0.1) is 11.6 Å². The third-order valence-corrected chi connectivity index (χ3v) is 6.40. The highest BCUT2D eigenvalue weighted by molar-refractivity contribution is 7.16. The van der Waals surface area contributed by atoms with Crippen LogP contribution >= 0.6 is 11.3 Å². The number of nitrogens with one attached hydrogen (secondary N) is 2. The Morgan fingerprint density at radius 1 is 1.10 bits per heavy atom. The summed E-state index contributed by atoms with van der Waals surface area (Å²) in [6, 6.07) is 17.7. The lowest BCUT2D eigenvalue weighted by molar-refractivity contribution is -0.122. The van der Waals surface area contributed by atoms with Crippen LogP contribution < -0.4 is 10.6 Å². The fourth-order valence-corrected chi connectivity index (χ4v) is 4.72. The van der Waals surface area contributed by atoms with Crippen LogP contribution in [-0.2, 0) is 17.6 Å². The van der Waals surface area contributed by atoms with Crippen LogP contribution in [-0.4, -0.2) is 23.3 Å². The first-order chi connectivity index (χ1) is 14.6. The highest BCUT2D eigenvalue weighted by atomic mass is 32.1. The number of hydrogen-bond donors (Lipinski definition) is 2. The maximum Gasteiger partial charge on any atom is 0.257 e. The van der Waals surface area contributed by atoms with Crippen LogP contribution in [0.25, 0.3) is 0 Å². The van der Waals surface area contributed by atoms with Gasteiger partial charge in [-0.3, -0.25) is 14.9 Å². The average Bonchev–Trinajstić information content (AvgIpc) is 3.32. The Labute approximate surface area is 180 Å². The van der Waals surface area contributed by atoms with Gasteiger partial charge < -0.3 is 5.32 Å². The number of nitrogens with zero attached hydrogens (tertiary/aromatic N) is 1. The van der Waals surface area contributed by atoms with Crippen LogP contribution in [0, 0.1) is 6.92 Å². The number of aromatic nitrogens is 1. The van der Waals surface area contributed by atoms with Crippen molar-refractivity contribution in [2.75, 3.05) is 11.9 Å². The number of thiazole rings is 1. The van der Waals surface area contributed by atoms with Gasteiger partial charge in [0.25, 0.3) is 5.91 Å². The highest BCUT2D eigenvalue weighted by Crippen LogP contribution is 2.38. The van der Waals surface area contributed by atoms with Crippen molar-refractivity contribution in [1.82, 2.24) is 10.3 Å². The molecule has 1 aliphatic rings. The topological polar surface area (TPSA) is 71.1 Å². The third-order valence-electron chi connectivity index (χ3n) is 5.35. The lowest BCUT2D eigenvalue weighted by atomic mass is 10.1. The second-order valence-corrected chi connectivity index (χ2v) is 8.70. The van der Waals surface area contributed by atoms with Crippen LogP contribution in [0.3, 0.4) is 0 Å². The first kappa shape index (κ1) is 20.3. The molecule has 1 aliphatic carbocycles. The third kappa shape index (κ3) is 4.76. The van der Waals surface area contributed by atoms with Crippen molar-refractivity contribution in [3.8, 4) is 0 Å².